The summed E-state index contributed by atoms with van der Waals surface area (Å²) in [5.41, 5.74) is 0. The van der Waals surface area contributed by atoms with Crippen LogP contribution in [0.15, 0.2) is 0 Å². The average Bonchev–Trinajstić information content (AvgIpc) is 1.44. The predicted molar refractivity (Wildman–Crippen MR) is 405 cm³/mol. The van der Waals surface area contributed by atoms with Crippen LogP contribution in [-0.4, -0.2) is 96.7 Å². The molecule has 0 aliphatic heterocycles. The van der Waals surface area contributed by atoms with Crippen LogP contribution in [0.1, 0.15) is 414 Å². The molecule has 0 saturated heterocycles. The average molecular weight is 1450 g/mol. The van der Waals surface area contributed by atoms with Crippen LogP contribution in [0, 0.1) is 17.8 Å². The molecule has 19 heteroatoms. The van der Waals surface area contributed by atoms with Crippen molar-refractivity contribution in [2.75, 3.05) is 39.6 Å². The van der Waals surface area contributed by atoms with Crippen LogP contribution in [0.2, 0.25) is 0 Å². The van der Waals surface area contributed by atoms with E-state index in [0.717, 1.165) is 108 Å². The molecular weight excluding hydrogens is 1290 g/mol. The molecule has 0 aliphatic carbocycles. The highest BCUT2D eigenvalue weighted by Gasteiger charge is 2.30. The summed E-state index contributed by atoms with van der Waals surface area (Å²) >= 11 is 0. The van der Waals surface area contributed by atoms with Crippen LogP contribution in [-0.2, 0) is 65.4 Å². The molecule has 588 valence electrons. The van der Waals surface area contributed by atoms with Crippen LogP contribution in [0.3, 0.4) is 0 Å². The molecule has 0 radical (unpaired) electrons. The van der Waals surface area contributed by atoms with Gasteiger partial charge in [-0.25, -0.2) is 9.13 Å². The molecular formula is C80H156O17P2. The zero-order valence-electron chi connectivity index (χ0n) is 65.0. The zero-order valence-corrected chi connectivity index (χ0v) is 66.8. The number of ether oxygens (including phenoxy) is 4. The number of esters is 4. The molecule has 0 saturated carbocycles. The molecule has 0 rings (SSSR count). The van der Waals surface area contributed by atoms with Gasteiger partial charge in [0.1, 0.15) is 19.3 Å². The SMILES string of the molecule is CCCCCCCCCCCC(=O)OC[C@H](COP(=O)(O)OC[C@H](O)COP(=O)(O)OC[C@@H](COC(=O)CCCCCCCCCCCCCCCCCC(C)C)OC(=O)CCCCCCCCCCCCCCCCCCC(C)C)OC(=O)CCCCCCCCCCCCC(C)C. The van der Waals surface area contributed by atoms with Gasteiger partial charge in [-0.3, -0.25) is 37.3 Å². The Morgan fingerprint density at radius 3 is 0.687 bits per heavy atom. The van der Waals surface area contributed by atoms with Crippen molar-refractivity contribution in [1.82, 2.24) is 0 Å². The lowest BCUT2D eigenvalue weighted by Gasteiger charge is -2.21. The molecule has 0 aromatic rings. The number of carbonyl (C=O) groups is 4. The number of phosphoric acid groups is 2. The second-order valence-corrected chi connectivity index (χ2v) is 33.1. The topological polar surface area (TPSA) is 237 Å². The normalized spacial score (nSPS) is 14.0. The molecule has 0 fully saturated rings. The first-order chi connectivity index (χ1) is 47.7. The fourth-order valence-corrected chi connectivity index (χ4v) is 13.9. The van der Waals surface area contributed by atoms with Crippen molar-refractivity contribution in [3.8, 4) is 0 Å². The van der Waals surface area contributed by atoms with Crippen molar-refractivity contribution in [3.63, 3.8) is 0 Å². The van der Waals surface area contributed by atoms with Crippen LogP contribution in [0.25, 0.3) is 0 Å². The minimum atomic E-state index is -4.96. The maximum Gasteiger partial charge on any atom is 0.472 e. The molecule has 99 heavy (non-hydrogen) atoms. The summed E-state index contributed by atoms with van der Waals surface area (Å²) in [5.74, 6) is 0.255. The van der Waals surface area contributed by atoms with E-state index in [1.807, 2.05) is 0 Å². The van der Waals surface area contributed by atoms with E-state index in [2.05, 4.69) is 48.5 Å². The van der Waals surface area contributed by atoms with E-state index in [0.29, 0.717) is 25.7 Å². The van der Waals surface area contributed by atoms with Crippen molar-refractivity contribution in [2.24, 2.45) is 17.8 Å². The van der Waals surface area contributed by atoms with Crippen LogP contribution in [0.4, 0.5) is 0 Å². The van der Waals surface area contributed by atoms with Gasteiger partial charge in [0.05, 0.1) is 26.4 Å². The van der Waals surface area contributed by atoms with Gasteiger partial charge in [0.25, 0.3) is 0 Å². The third kappa shape index (κ3) is 74.1. The summed E-state index contributed by atoms with van der Waals surface area (Å²) in [6, 6.07) is 0. The summed E-state index contributed by atoms with van der Waals surface area (Å²) in [7, 11) is -9.92. The minimum absolute atomic E-state index is 0.106. The van der Waals surface area contributed by atoms with Crippen molar-refractivity contribution >= 4 is 39.5 Å². The number of hydrogen-bond acceptors (Lipinski definition) is 15. The van der Waals surface area contributed by atoms with Gasteiger partial charge >= 0.3 is 39.5 Å². The maximum atomic E-state index is 13.1. The van der Waals surface area contributed by atoms with Gasteiger partial charge in [0.15, 0.2) is 12.2 Å². The molecule has 17 nitrogen and oxygen atoms in total. The number of aliphatic hydroxyl groups excluding tert-OH is 1. The molecule has 0 heterocycles. The second-order valence-electron chi connectivity index (χ2n) is 30.2. The Hall–Kier alpha value is -1.94. The van der Waals surface area contributed by atoms with Gasteiger partial charge in [-0.15, -0.1) is 0 Å². The van der Waals surface area contributed by atoms with E-state index < -0.39 is 97.5 Å². The first-order valence-corrected chi connectivity index (χ1v) is 44.3. The lowest BCUT2D eigenvalue weighted by atomic mass is 10.0. The molecule has 0 amide bonds. The third-order valence-electron chi connectivity index (χ3n) is 18.6. The Morgan fingerprint density at radius 1 is 0.273 bits per heavy atom. The number of aliphatic hydroxyl groups is 1. The minimum Gasteiger partial charge on any atom is -0.462 e. The van der Waals surface area contributed by atoms with E-state index >= 15 is 0 Å². The quantitative estimate of drug-likeness (QED) is 0.0222. The molecule has 0 spiro atoms. The van der Waals surface area contributed by atoms with Gasteiger partial charge in [-0.1, -0.05) is 363 Å². The first-order valence-electron chi connectivity index (χ1n) is 41.3. The summed E-state index contributed by atoms with van der Waals surface area (Å²) in [5, 5.41) is 10.6. The number of rotatable bonds is 78. The monoisotopic (exact) mass is 1450 g/mol. The van der Waals surface area contributed by atoms with Crippen LogP contribution >= 0.6 is 15.6 Å². The highest BCUT2D eigenvalue weighted by atomic mass is 31.2. The Bertz CT molecular complexity index is 1920. The van der Waals surface area contributed by atoms with Gasteiger partial charge < -0.3 is 33.8 Å². The van der Waals surface area contributed by atoms with Gasteiger partial charge in [0.2, 0.25) is 0 Å². The second kappa shape index (κ2) is 70.4. The highest BCUT2D eigenvalue weighted by Crippen LogP contribution is 2.45. The molecule has 0 aromatic heterocycles. The standard InChI is InChI=1S/C80H156O17P2/c1-8-9-10-11-12-30-40-47-54-61-77(82)90-67-75(97-80(85)64-57-50-43-36-29-28-33-39-46-53-60-73(6)7)69-94-98(86,87)92-65-74(81)66-93-99(88,89)95-70-76(68-91-78(83)62-55-48-41-34-26-22-19-15-17-21-25-32-38-45-52-59-72(4)5)96-79(84)63-56-49-42-35-27-23-18-14-13-16-20-24-31-37-44-51-58-71(2)3/h71-76,81H,8-70H2,1-7H3,(H,86,87)(H,88,89)/t74-,75+,76+/m0/s1. The molecule has 0 aromatic carbocycles. The zero-order chi connectivity index (χ0) is 73.0. The number of carbonyl (C=O) groups excluding carboxylic acids is 4. The Balaban J connectivity index is 5.22. The van der Waals surface area contributed by atoms with Gasteiger partial charge in [-0.05, 0) is 43.4 Å². The van der Waals surface area contributed by atoms with E-state index in [1.165, 1.54) is 225 Å². The summed E-state index contributed by atoms with van der Waals surface area (Å²) < 4.78 is 68.6. The third-order valence-corrected chi connectivity index (χ3v) is 20.5. The van der Waals surface area contributed by atoms with Crippen molar-refractivity contribution in [3.05, 3.63) is 0 Å². The van der Waals surface area contributed by atoms with E-state index in [-0.39, 0.29) is 25.7 Å². The van der Waals surface area contributed by atoms with Crippen molar-refractivity contribution in [2.45, 2.75) is 433 Å². The smallest absolute Gasteiger partial charge is 0.462 e. The summed E-state index contributed by atoms with van der Waals surface area (Å²) in [4.78, 5) is 72.9. The molecule has 0 bridgehead atoms. The van der Waals surface area contributed by atoms with Crippen molar-refractivity contribution < 1.29 is 80.2 Å². The van der Waals surface area contributed by atoms with E-state index in [4.69, 9.17) is 37.0 Å². The molecule has 5 atom stereocenters. The molecule has 2 unspecified atom stereocenters. The maximum absolute atomic E-state index is 13.1. The summed E-state index contributed by atoms with van der Waals surface area (Å²) in [6.07, 6.45) is 58.3. The van der Waals surface area contributed by atoms with Crippen molar-refractivity contribution in [1.29, 1.82) is 0 Å². The summed E-state index contributed by atoms with van der Waals surface area (Å²) in [6.45, 7) is 12.0. The van der Waals surface area contributed by atoms with Gasteiger partial charge in [0, 0.05) is 25.7 Å². The van der Waals surface area contributed by atoms with Crippen LogP contribution in [0.5, 0.6) is 0 Å². The lowest BCUT2D eigenvalue weighted by molar-refractivity contribution is -0.161. The largest absolute Gasteiger partial charge is 0.472 e. The fraction of sp³-hybridized carbons (Fsp3) is 0.950. The van der Waals surface area contributed by atoms with E-state index in [1.54, 1.807) is 0 Å². The highest BCUT2D eigenvalue weighted by molar-refractivity contribution is 7.47. The Kier molecular flexibility index (Phi) is 69.0. The number of phosphoric ester groups is 2. The fourth-order valence-electron chi connectivity index (χ4n) is 12.3. The first kappa shape index (κ1) is 97.1. The molecule has 3 N–H and O–H groups in total. The Morgan fingerprint density at radius 2 is 0.465 bits per heavy atom. The van der Waals surface area contributed by atoms with Gasteiger partial charge in [-0.2, -0.15) is 0 Å². The number of unbranched alkanes of at least 4 members (excludes halogenated alkanes) is 46. The predicted octanol–water partition coefficient (Wildman–Crippen LogP) is 23.7. The van der Waals surface area contributed by atoms with E-state index in [9.17, 15) is 43.2 Å². The Labute approximate surface area is 607 Å². The number of hydrogen-bond donors (Lipinski definition) is 3. The lowest BCUT2D eigenvalue weighted by Crippen LogP contribution is -2.30. The molecule has 0 aliphatic rings. The van der Waals surface area contributed by atoms with Crippen LogP contribution < -0.4 is 0 Å².